The number of hydrogen-bond acceptors (Lipinski definition) is 5. The largest absolute Gasteiger partial charge is 0.496 e. The molecular formula is C20H17N3O4. The summed E-state index contributed by atoms with van der Waals surface area (Å²) in [4.78, 5) is 27.2. The summed E-state index contributed by atoms with van der Waals surface area (Å²) in [5, 5.41) is 4.86. The van der Waals surface area contributed by atoms with Crippen molar-refractivity contribution in [3.63, 3.8) is 0 Å². The van der Waals surface area contributed by atoms with Crippen LogP contribution >= 0.6 is 0 Å². The molecule has 0 amide bonds. The molecule has 1 N–H and O–H groups in total. The molecule has 0 bridgehead atoms. The number of nitrogens with one attached hydrogen (secondary N) is 1. The van der Waals surface area contributed by atoms with Crippen molar-refractivity contribution < 1.29 is 9.26 Å². The van der Waals surface area contributed by atoms with E-state index in [2.05, 4.69) is 10.1 Å². The van der Waals surface area contributed by atoms with Gasteiger partial charge in [-0.3, -0.25) is 4.79 Å². The maximum absolute atomic E-state index is 12.3. The number of aryl methyl sites for hydroxylation is 2. The highest BCUT2D eigenvalue weighted by Crippen LogP contribution is 2.35. The number of benzene rings is 2. The number of aromatic nitrogens is 3. The van der Waals surface area contributed by atoms with Gasteiger partial charge in [0.1, 0.15) is 11.4 Å². The van der Waals surface area contributed by atoms with E-state index in [4.69, 9.17) is 9.26 Å². The van der Waals surface area contributed by atoms with Crippen LogP contribution in [0.25, 0.3) is 27.9 Å². The van der Waals surface area contributed by atoms with Gasteiger partial charge in [0.25, 0.3) is 5.56 Å². The molecule has 4 rings (SSSR count). The monoisotopic (exact) mass is 363 g/mol. The van der Waals surface area contributed by atoms with Crippen LogP contribution in [0.4, 0.5) is 0 Å². The minimum absolute atomic E-state index is 0.401. The van der Waals surface area contributed by atoms with E-state index in [0.29, 0.717) is 33.8 Å². The number of fused-ring (bicyclic) bond motifs is 1. The maximum Gasteiger partial charge on any atom is 0.333 e. The van der Waals surface area contributed by atoms with Crippen molar-refractivity contribution in [2.24, 2.45) is 0 Å². The highest BCUT2D eigenvalue weighted by atomic mass is 16.5. The van der Waals surface area contributed by atoms with E-state index in [-0.39, 0.29) is 0 Å². The standard InChI is InChI=1S/C20H17N3O4/c1-11-4-6-16(26-3)14(8-11)19-15-10-13(5-7-17(15)27-22-19)23-18(24)9-12(2)21-20(23)25/h4-10H,1-3H3,(H,21,25). The molecule has 0 spiro atoms. The predicted molar refractivity (Wildman–Crippen MR) is 102 cm³/mol. The van der Waals surface area contributed by atoms with E-state index in [9.17, 15) is 9.59 Å². The summed E-state index contributed by atoms with van der Waals surface area (Å²) in [5.74, 6) is 0.659. The second kappa shape index (κ2) is 6.28. The molecule has 7 heteroatoms. The summed E-state index contributed by atoms with van der Waals surface area (Å²) in [6, 6.07) is 12.2. The first-order chi connectivity index (χ1) is 13.0. The first-order valence-electron chi connectivity index (χ1n) is 8.36. The van der Waals surface area contributed by atoms with Gasteiger partial charge < -0.3 is 14.2 Å². The number of hydrogen-bond donors (Lipinski definition) is 1. The van der Waals surface area contributed by atoms with Crippen LogP contribution < -0.4 is 16.0 Å². The summed E-state index contributed by atoms with van der Waals surface area (Å²) in [6.45, 7) is 3.64. The lowest BCUT2D eigenvalue weighted by Gasteiger charge is -2.08. The van der Waals surface area contributed by atoms with Crippen LogP contribution in [0.5, 0.6) is 5.75 Å². The number of ether oxygens (including phenoxy) is 1. The lowest BCUT2D eigenvalue weighted by Crippen LogP contribution is -2.33. The first kappa shape index (κ1) is 16.8. The Morgan fingerprint density at radius 2 is 1.89 bits per heavy atom. The molecule has 4 aromatic rings. The van der Waals surface area contributed by atoms with E-state index < -0.39 is 11.2 Å². The van der Waals surface area contributed by atoms with Gasteiger partial charge in [-0.05, 0) is 44.2 Å². The van der Waals surface area contributed by atoms with Crippen LogP contribution in [0.3, 0.4) is 0 Å². The molecule has 7 nitrogen and oxygen atoms in total. The molecule has 2 heterocycles. The second-order valence-corrected chi connectivity index (χ2v) is 6.35. The molecule has 2 aromatic carbocycles. The third-order valence-electron chi connectivity index (χ3n) is 4.39. The zero-order valence-electron chi connectivity index (χ0n) is 15.1. The smallest absolute Gasteiger partial charge is 0.333 e. The Kier molecular flexibility index (Phi) is 3.92. The van der Waals surface area contributed by atoms with Crippen molar-refractivity contribution in [3.05, 3.63) is 74.6 Å². The van der Waals surface area contributed by atoms with E-state index in [1.54, 1.807) is 32.2 Å². The molecule has 0 atom stereocenters. The molecule has 2 aromatic heterocycles. The molecule has 0 aliphatic heterocycles. The molecule has 0 radical (unpaired) electrons. The summed E-state index contributed by atoms with van der Waals surface area (Å²) >= 11 is 0. The van der Waals surface area contributed by atoms with Gasteiger partial charge in [0.05, 0.1) is 18.2 Å². The topological polar surface area (TPSA) is 90.1 Å². The molecule has 0 saturated carbocycles. The van der Waals surface area contributed by atoms with Gasteiger partial charge in [-0.1, -0.05) is 16.8 Å². The van der Waals surface area contributed by atoms with Gasteiger partial charge in [-0.15, -0.1) is 0 Å². The van der Waals surface area contributed by atoms with Gasteiger partial charge in [0, 0.05) is 17.3 Å². The summed E-state index contributed by atoms with van der Waals surface area (Å²) in [5.41, 5.74) is 3.01. The zero-order chi connectivity index (χ0) is 19.1. The van der Waals surface area contributed by atoms with Crippen LogP contribution in [0, 0.1) is 13.8 Å². The number of aromatic amines is 1. The van der Waals surface area contributed by atoms with E-state index in [1.807, 2.05) is 25.1 Å². The minimum Gasteiger partial charge on any atom is -0.496 e. The highest BCUT2D eigenvalue weighted by molar-refractivity contribution is 5.94. The average molecular weight is 363 g/mol. The van der Waals surface area contributed by atoms with Gasteiger partial charge in [0.15, 0.2) is 5.58 Å². The summed E-state index contributed by atoms with van der Waals surface area (Å²) < 4.78 is 12.0. The van der Waals surface area contributed by atoms with Crippen LogP contribution in [0.2, 0.25) is 0 Å². The van der Waals surface area contributed by atoms with Gasteiger partial charge >= 0.3 is 5.69 Å². The summed E-state index contributed by atoms with van der Waals surface area (Å²) in [6.07, 6.45) is 0. The van der Waals surface area contributed by atoms with Crippen molar-refractivity contribution in [2.75, 3.05) is 7.11 Å². The van der Waals surface area contributed by atoms with E-state index in [0.717, 1.165) is 15.7 Å². The fourth-order valence-electron chi connectivity index (χ4n) is 3.12. The fourth-order valence-corrected chi connectivity index (χ4v) is 3.12. The third-order valence-corrected chi connectivity index (χ3v) is 4.39. The molecule has 0 aliphatic carbocycles. The molecule has 0 unspecified atom stereocenters. The number of rotatable bonds is 3. The van der Waals surface area contributed by atoms with E-state index in [1.165, 1.54) is 6.07 Å². The number of H-pyrrole nitrogens is 1. The third kappa shape index (κ3) is 2.83. The first-order valence-corrected chi connectivity index (χ1v) is 8.36. The fraction of sp³-hybridized carbons (Fsp3) is 0.150. The molecule has 0 aliphatic rings. The molecular weight excluding hydrogens is 346 g/mol. The Bertz CT molecular complexity index is 1250. The Balaban J connectivity index is 1.98. The van der Waals surface area contributed by atoms with Crippen molar-refractivity contribution >= 4 is 11.0 Å². The Morgan fingerprint density at radius 1 is 1.07 bits per heavy atom. The van der Waals surface area contributed by atoms with E-state index >= 15 is 0 Å². The Labute approximate surface area is 153 Å². The van der Waals surface area contributed by atoms with Crippen molar-refractivity contribution in [2.45, 2.75) is 13.8 Å². The van der Waals surface area contributed by atoms with Gasteiger partial charge in [-0.25, -0.2) is 9.36 Å². The number of nitrogens with zero attached hydrogens (tertiary/aromatic N) is 2. The average Bonchev–Trinajstić information content (AvgIpc) is 3.04. The zero-order valence-corrected chi connectivity index (χ0v) is 15.1. The maximum atomic E-state index is 12.3. The normalized spacial score (nSPS) is 11.1. The van der Waals surface area contributed by atoms with Crippen molar-refractivity contribution in [1.29, 1.82) is 0 Å². The molecule has 27 heavy (non-hydrogen) atoms. The van der Waals surface area contributed by atoms with Crippen molar-refractivity contribution in [3.8, 4) is 22.7 Å². The number of methoxy groups -OCH3 is 1. The second-order valence-electron chi connectivity index (χ2n) is 6.35. The van der Waals surface area contributed by atoms with Gasteiger partial charge in [0.2, 0.25) is 0 Å². The van der Waals surface area contributed by atoms with Crippen LogP contribution in [0.15, 0.2) is 56.6 Å². The Morgan fingerprint density at radius 3 is 2.63 bits per heavy atom. The lowest BCUT2D eigenvalue weighted by molar-refractivity contribution is 0.415. The van der Waals surface area contributed by atoms with Crippen molar-refractivity contribution in [1.82, 2.24) is 14.7 Å². The molecule has 136 valence electrons. The predicted octanol–water partition coefficient (Wildman–Crippen LogP) is 2.96. The minimum atomic E-state index is -0.495. The lowest BCUT2D eigenvalue weighted by atomic mass is 10.0. The van der Waals surface area contributed by atoms with Gasteiger partial charge in [-0.2, -0.15) is 0 Å². The quantitative estimate of drug-likeness (QED) is 0.604. The van der Waals surface area contributed by atoms with Crippen LogP contribution in [-0.4, -0.2) is 21.8 Å². The highest BCUT2D eigenvalue weighted by Gasteiger charge is 2.16. The Hall–Kier alpha value is -3.61. The van der Waals surface area contributed by atoms with Crippen LogP contribution in [0.1, 0.15) is 11.3 Å². The van der Waals surface area contributed by atoms with Crippen LogP contribution in [-0.2, 0) is 0 Å². The molecule has 0 fully saturated rings. The summed E-state index contributed by atoms with van der Waals surface area (Å²) in [7, 11) is 1.59. The molecule has 0 saturated heterocycles. The SMILES string of the molecule is COc1ccc(C)cc1-c1noc2ccc(-n3c(=O)cc(C)[nH]c3=O)cc12.